The lowest BCUT2D eigenvalue weighted by Gasteiger charge is -2.30. The number of nitrogens with one attached hydrogen (secondary N) is 1. The Morgan fingerprint density at radius 1 is 1.18 bits per heavy atom. The molecule has 1 fully saturated rings. The Bertz CT molecular complexity index is 834. The van der Waals surface area contributed by atoms with Gasteiger partial charge in [0.25, 0.3) is 0 Å². The molecule has 2 aromatic rings. The van der Waals surface area contributed by atoms with Gasteiger partial charge >= 0.3 is 12.1 Å². The highest BCUT2D eigenvalue weighted by molar-refractivity contribution is 5.97. The predicted molar refractivity (Wildman–Crippen MR) is 99.6 cm³/mol. The van der Waals surface area contributed by atoms with E-state index >= 15 is 0 Å². The molecule has 28 heavy (non-hydrogen) atoms. The number of ether oxygens (including phenoxy) is 2. The molecular formula is C20H21F3N2O3. The summed E-state index contributed by atoms with van der Waals surface area (Å²) in [6.45, 7) is 2.69. The zero-order valence-electron chi connectivity index (χ0n) is 15.4. The summed E-state index contributed by atoms with van der Waals surface area (Å²) < 4.78 is 48.8. The van der Waals surface area contributed by atoms with Crippen LogP contribution in [0.2, 0.25) is 0 Å². The summed E-state index contributed by atoms with van der Waals surface area (Å²) in [7, 11) is 1.31. The van der Waals surface area contributed by atoms with E-state index in [4.69, 9.17) is 9.47 Å². The fraction of sp³-hybridized carbons (Fsp3) is 0.350. The minimum atomic E-state index is -4.38. The number of rotatable bonds is 5. The van der Waals surface area contributed by atoms with Crippen molar-refractivity contribution in [1.82, 2.24) is 0 Å². The van der Waals surface area contributed by atoms with Crippen LogP contribution in [0.4, 0.5) is 24.5 Å². The van der Waals surface area contributed by atoms with Crippen LogP contribution in [0.5, 0.6) is 0 Å². The van der Waals surface area contributed by atoms with E-state index in [-0.39, 0.29) is 6.54 Å². The van der Waals surface area contributed by atoms with Crippen LogP contribution in [0.15, 0.2) is 42.5 Å². The number of nitrogens with zero attached hydrogens (tertiary/aromatic N) is 1. The molecule has 0 aromatic heterocycles. The number of benzene rings is 2. The minimum Gasteiger partial charge on any atom is -0.465 e. The maximum absolute atomic E-state index is 12.8. The van der Waals surface area contributed by atoms with Crippen molar-refractivity contribution in [3.8, 4) is 0 Å². The van der Waals surface area contributed by atoms with Gasteiger partial charge in [-0.15, -0.1) is 0 Å². The maximum atomic E-state index is 12.8. The van der Waals surface area contributed by atoms with Gasteiger partial charge in [-0.2, -0.15) is 13.2 Å². The van der Waals surface area contributed by atoms with E-state index in [0.29, 0.717) is 43.1 Å². The second-order valence-corrected chi connectivity index (χ2v) is 6.37. The number of hydrogen-bond acceptors (Lipinski definition) is 5. The number of carbonyl (C=O) groups is 1. The zero-order valence-corrected chi connectivity index (χ0v) is 15.4. The third kappa shape index (κ3) is 4.75. The molecule has 1 saturated heterocycles. The molecule has 0 aliphatic carbocycles. The monoisotopic (exact) mass is 394 g/mol. The van der Waals surface area contributed by atoms with Crippen molar-refractivity contribution in [2.45, 2.75) is 12.7 Å². The molecule has 1 aliphatic heterocycles. The van der Waals surface area contributed by atoms with E-state index < -0.39 is 17.7 Å². The molecule has 0 bridgehead atoms. The topological polar surface area (TPSA) is 50.8 Å². The van der Waals surface area contributed by atoms with Crippen molar-refractivity contribution in [3.63, 3.8) is 0 Å². The van der Waals surface area contributed by atoms with Crippen LogP contribution in [-0.2, 0) is 22.2 Å². The summed E-state index contributed by atoms with van der Waals surface area (Å²) >= 11 is 0. The van der Waals surface area contributed by atoms with Crippen molar-refractivity contribution < 1.29 is 27.4 Å². The van der Waals surface area contributed by atoms with Gasteiger partial charge in [0.1, 0.15) is 0 Å². The number of alkyl halides is 3. The van der Waals surface area contributed by atoms with Crippen LogP contribution in [-0.4, -0.2) is 39.4 Å². The number of morpholine rings is 1. The van der Waals surface area contributed by atoms with Crippen LogP contribution >= 0.6 is 0 Å². The first-order chi connectivity index (χ1) is 13.4. The van der Waals surface area contributed by atoms with Crippen LogP contribution in [0.1, 0.15) is 21.5 Å². The number of anilines is 2. The van der Waals surface area contributed by atoms with E-state index in [1.807, 2.05) is 11.0 Å². The summed E-state index contributed by atoms with van der Waals surface area (Å²) in [5.74, 6) is -0.468. The minimum absolute atomic E-state index is 0.196. The number of hydrogen-bond donors (Lipinski definition) is 1. The largest absolute Gasteiger partial charge is 0.465 e. The van der Waals surface area contributed by atoms with Crippen LogP contribution in [0.3, 0.4) is 0 Å². The number of halogens is 3. The number of esters is 1. The third-order valence-corrected chi connectivity index (χ3v) is 4.50. The average Bonchev–Trinajstić information content (AvgIpc) is 2.71. The lowest BCUT2D eigenvalue weighted by atomic mass is 10.1. The molecule has 3 rings (SSSR count). The molecule has 0 atom stereocenters. The van der Waals surface area contributed by atoms with E-state index in [0.717, 1.165) is 17.8 Å². The summed E-state index contributed by atoms with van der Waals surface area (Å²) in [4.78, 5) is 14.3. The van der Waals surface area contributed by atoms with E-state index in [1.165, 1.54) is 13.2 Å². The molecule has 0 unspecified atom stereocenters. The van der Waals surface area contributed by atoms with E-state index in [2.05, 4.69) is 5.32 Å². The molecule has 2 aromatic carbocycles. The molecule has 0 spiro atoms. The van der Waals surface area contributed by atoms with Gasteiger partial charge in [-0.25, -0.2) is 4.79 Å². The fourth-order valence-corrected chi connectivity index (χ4v) is 3.06. The van der Waals surface area contributed by atoms with Crippen molar-refractivity contribution in [3.05, 3.63) is 59.2 Å². The summed E-state index contributed by atoms with van der Waals surface area (Å²) in [5, 5.41) is 3.07. The van der Waals surface area contributed by atoms with Gasteiger partial charge in [-0.05, 0) is 35.9 Å². The molecule has 5 nitrogen and oxygen atoms in total. The Morgan fingerprint density at radius 3 is 2.61 bits per heavy atom. The van der Waals surface area contributed by atoms with Gasteiger partial charge in [0.15, 0.2) is 0 Å². The van der Waals surface area contributed by atoms with Gasteiger partial charge in [-0.3, -0.25) is 0 Å². The first kappa shape index (κ1) is 20.0. The van der Waals surface area contributed by atoms with Crippen molar-refractivity contribution in [1.29, 1.82) is 0 Å². The summed E-state index contributed by atoms with van der Waals surface area (Å²) in [6, 6.07) is 10.4. The Kier molecular flexibility index (Phi) is 6.08. The lowest BCUT2D eigenvalue weighted by Crippen LogP contribution is -2.37. The molecule has 1 aliphatic rings. The smallest absolute Gasteiger partial charge is 0.416 e. The van der Waals surface area contributed by atoms with Crippen LogP contribution < -0.4 is 10.2 Å². The Hall–Kier alpha value is -2.74. The Balaban J connectivity index is 1.78. The first-order valence-corrected chi connectivity index (χ1v) is 8.83. The first-order valence-electron chi connectivity index (χ1n) is 8.83. The molecule has 0 amide bonds. The molecule has 150 valence electrons. The third-order valence-electron chi connectivity index (χ3n) is 4.50. The Morgan fingerprint density at radius 2 is 1.93 bits per heavy atom. The standard InChI is InChI=1S/C20H21F3N2O3/c1-27-19(26)17-12-16(5-6-18(17)25-7-9-28-10-8-25)24-13-14-3-2-4-15(11-14)20(21,22)23/h2-6,11-12,24H,7-10,13H2,1H3. The second kappa shape index (κ2) is 8.52. The quantitative estimate of drug-likeness (QED) is 0.779. The second-order valence-electron chi connectivity index (χ2n) is 6.37. The molecule has 8 heteroatoms. The normalized spacial score (nSPS) is 14.6. The maximum Gasteiger partial charge on any atom is 0.416 e. The Labute approximate surface area is 161 Å². The average molecular weight is 394 g/mol. The molecular weight excluding hydrogens is 373 g/mol. The summed E-state index contributed by atoms with van der Waals surface area (Å²) in [5.41, 5.74) is 1.57. The van der Waals surface area contributed by atoms with Crippen molar-refractivity contribution >= 4 is 17.3 Å². The molecule has 0 saturated carbocycles. The lowest BCUT2D eigenvalue weighted by molar-refractivity contribution is -0.137. The molecule has 1 heterocycles. The van der Waals surface area contributed by atoms with Crippen molar-refractivity contribution in [2.75, 3.05) is 43.6 Å². The van der Waals surface area contributed by atoms with Gasteiger partial charge in [0.05, 0.1) is 37.1 Å². The molecule has 1 N–H and O–H groups in total. The molecule has 0 radical (unpaired) electrons. The van der Waals surface area contributed by atoms with E-state index in [9.17, 15) is 18.0 Å². The summed E-state index contributed by atoms with van der Waals surface area (Å²) in [6.07, 6.45) is -4.38. The highest BCUT2D eigenvalue weighted by Crippen LogP contribution is 2.30. The van der Waals surface area contributed by atoms with Crippen molar-refractivity contribution in [2.24, 2.45) is 0 Å². The van der Waals surface area contributed by atoms with Crippen LogP contribution in [0, 0.1) is 0 Å². The van der Waals surface area contributed by atoms with E-state index in [1.54, 1.807) is 18.2 Å². The highest BCUT2D eigenvalue weighted by Gasteiger charge is 2.30. The number of carbonyl (C=O) groups excluding carboxylic acids is 1. The highest BCUT2D eigenvalue weighted by atomic mass is 19.4. The van der Waals surface area contributed by atoms with Gasteiger partial charge in [-0.1, -0.05) is 12.1 Å². The van der Waals surface area contributed by atoms with Gasteiger partial charge < -0.3 is 19.7 Å². The zero-order chi connectivity index (χ0) is 20.1. The van der Waals surface area contributed by atoms with Crippen LogP contribution in [0.25, 0.3) is 0 Å². The van der Waals surface area contributed by atoms with Gasteiger partial charge in [0, 0.05) is 25.3 Å². The SMILES string of the molecule is COC(=O)c1cc(NCc2cccc(C(F)(F)F)c2)ccc1N1CCOCC1. The van der Waals surface area contributed by atoms with Gasteiger partial charge in [0.2, 0.25) is 0 Å². The number of methoxy groups -OCH3 is 1. The fourth-order valence-electron chi connectivity index (χ4n) is 3.06. The predicted octanol–water partition coefficient (Wildman–Crippen LogP) is 3.94.